The zero-order valence-corrected chi connectivity index (χ0v) is 26.5. The maximum absolute atomic E-state index is 6.73. The summed E-state index contributed by atoms with van der Waals surface area (Å²) in [5.74, 6) is 1.62. The molecule has 6 aromatic rings. The molecule has 4 aromatic carbocycles. The van der Waals surface area contributed by atoms with E-state index in [2.05, 4.69) is 132 Å². The summed E-state index contributed by atoms with van der Waals surface area (Å²) in [4.78, 5) is 14.3. The molecule has 4 nitrogen and oxygen atoms in total. The minimum absolute atomic E-state index is 0.0384. The van der Waals surface area contributed by atoms with Crippen LogP contribution in [0.3, 0.4) is 0 Å². The Morgan fingerprint density at radius 1 is 0.683 bits per heavy atom. The van der Waals surface area contributed by atoms with E-state index >= 15 is 0 Å². The number of hydrogen-bond acceptors (Lipinski definition) is 4. The Balaban J connectivity index is 1.49. The molecule has 0 atom stereocenters. The van der Waals surface area contributed by atoms with Crippen molar-refractivity contribution in [3.63, 3.8) is 0 Å². The molecule has 41 heavy (non-hydrogen) atoms. The number of hydrogen-bond donors (Lipinski definition) is 0. The van der Waals surface area contributed by atoms with Gasteiger partial charge in [-0.15, -0.1) is 0 Å². The van der Waals surface area contributed by atoms with E-state index in [1.54, 1.807) is 6.33 Å². The molecule has 0 saturated heterocycles. The molecule has 0 radical (unpaired) electrons. The van der Waals surface area contributed by atoms with Crippen molar-refractivity contribution in [3.8, 4) is 32.9 Å². The Morgan fingerprint density at radius 3 is 2.02 bits per heavy atom. The molecule has 0 unspecified atom stereocenters. The van der Waals surface area contributed by atoms with Crippen molar-refractivity contribution >= 4 is 35.2 Å². The molecule has 0 aliphatic carbocycles. The first-order chi connectivity index (χ1) is 19.5. The molecule has 6 rings (SSSR count). The normalized spacial score (nSPS) is 12.3. The summed E-state index contributed by atoms with van der Waals surface area (Å²) >= 11 is 0.163. The Hall–Kier alpha value is -3.79. The fraction of sp³-hybridized carbons (Fsp3) is 0.250. The van der Waals surface area contributed by atoms with Crippen molar-refractivity contribution in [1.29, 1.82) is 0 Å². The van der Waals surface area contributed by atoms with Gasteiger partial charge in [0.2, 0.25) is 0 Å². The van der Waals surface area contributed by atoms with Gasteiger partial charge < -0.3 is 0 Å². The third kappa shape index (κ3) is 5.57. The van der Waals surface area contributed by atoms with Crippen LogP contribution in [0.15, 0.2) is 85.2 Å². The molecule has 0 saturated carbocycles. The van der Waals surface area contributed by atoms with Crippen LogP contribution < -0.4 is 4.74 Å². The summed E-state index contributed by atoms with van der Waals surface area (Å²) in [6.45, 7) is 15.5. The fourth-order valence-electron chi connectivity index (χ4n) is 5.04. The first-order valence-electron chi connectivity index (χ1n) is 14.0. The molecule has 0 fully saturated rings. The van der Waals surface area contributed by atoms with Crippen LogP contribution in [-0.2, 0) is 10.8 Å². The fourth-order valence-corrected chi connectivity index (χ4v) is 7.04. The summed E-state index contributed by atoms with van der Waals surface area (Å²) in [6, 6.07) is 27.8. The predicted molar refractivity (Wildman–Crippen MR) is 171 cm³/mol. The average Bonchev–Trinajstić information content (AvgIpc) is 3.36. The van der Waals surface area contributed by atoms with Gasteiger partial charge in [-0.1, -0.05) is 6.07 Å². The topological polar surface area (TPSA) is 47.9 Å². The molecule has 0 aliphatic heterocycles. The van der Waals surface area contributed by atoms with Gasteiger partial charge in [-0.2, -0.15) is 0 Å². The Labute approximate surface area is 248 Å². The number of nitrogens with zero attached hydrogens (tertiary/aromatic N) is 3. The first kappa shape index (κ1) is 27.4. The number of rotatable bonds is 4. The summed E-state index contributed by atoms with van der Waals surface area (Å²) in [6.07, 6.45) is 1.66. The minimum atomic E-state index is -0.0713. The predicted octanol–water partition coefficient (Wildman–Crippen LogP) is 9.26. The van der Waals surface area contributed by atoms with Gasteiger partial charge in [0.05, 0.1) is 0 Å². The molecule has 2 aromatic heterocycles. The SMILES string of the molecule is Cc1cccc2c(-c3cc(Oc4cc(-c5nc6ccccc6[se]5)cc(C(C)(C)C)c4)cc(C(C)(C)C)c3)ncnc12. The number of benzene rings is 4. The first-order valence-corrected chi connectivity index (χ1v) is 15.7. The Kier molecular flexibility index (Phi) is 6.84. The molecular weight excluding hydrogens is 569 g/mol. The van der Waals surface area contributed by atoms with E-state index in [0.717, 1.165) is 54.9 Å². The van der Waals surface area contributed by atoms with Crippen LogP contribution in [0.5, 0.6) is 11.5 Å². The number of aromatic nitrogens is 3. The third-order valence-electron chi connectivity index (χ3n) is 7.46. The van der Waals surface area contributed by atoms with Crippen LogP contribution >= 0.6 is 0 Å². The van der Waals surface area contributed by atoms with Gasteiger partial charge in [0, 0.05) is 0 Å². The Morgan fingerprint density at radius 2 is 1.34 bits per heavy atom. The zero-order chi connectivity index (χ0) is 28.9. The number of fused-ring (bicyclic) bond motifs is 2. The number of aryl methyl sites for hydroxylation is 1. The van der Waals surface area contributed by atoms with Gasteiger partial charge >= 0.3 is 236 Å². The van der Waals surface area contributed by atoms with Gasteiger partial charge in [0.15, 0.2) is 0 Å². The van der Waals surface area contributed by atoms with Gasteiger partial charge in [0.25, 0.3) is 0 Å². The second-order valence-corrected chi connectivity index (χ2v) is 14.9. The van der Waals surface area contributed by atoms with Gasteiger partial charge in [-0.25, -0.2) is 0 Å². The second kappa shape index (κ2) is 10.2. The summed E-state index contributed by atoms with van der Waals surface area (Å²) in [7, 11) is 0. The quantitative estimate of drug-likeness (QED) is 0.188. The molecule has 0 bridgehead atoms. The van der Waals surface area contributed by atoms with Crippen LogP contribution in [0.4, 0.5) is 0 Å². The van der Waals surface area contributed by atoms with Crippen molar-refractivity contribution in [1.82, 2.24) is 15.0 Å². The van der Waals surface area contributed by atoms with Gasteiger partial charge in [0.1, 0.15) is 0 Å². The standard InChI is InChI=1S/C36H35N3OSe/c1-22-11-10-12-29-32(22)37-21-38-33(29)23-15-25(35(2,3)4)19-27(17-23)40-28-18-24(16-26(20-28)36(5,6)7)34-39-30-13-8-9-14-31(30)41-34/h8-21H,1-7H3. The van der Waals surface area contributed by atoms with Gasteiger partial charge in [-0.3, -0.25) is 0 Å². The summed E-state index contributed by atoms with van der Waals surface area (Å²) < 4.78 is 9.20. The number of para-hydroxylation sites is 2. The van der Waals surface area contributed by atoms with Crippen LogP contribution in [0.2, 0.25) is 0 Å². The van der Waals surface area contributed by atoms with E-state index in [1.807, 2.05) is 0 Å². The summed E-state index contributed by atoms with van der Waals surface area (Å²) in [5, 5.41) is 1.04. The average molecular weight is 605 g/mol. The molecule has 5 heteroatoms. The molecule has 0 aliphatic rings. The molecule has 2 heterocycles. The second-order valence-electron chi connectivity index (χ2n) is 12.8. The Bertz CT molecular complexity index is 1870. The van der Waals surface area contributed by atoms with Crippen molar-refractivity contribution in [3.05, 3.63) is 102 Å². The maximum atomic E-state index is 6.73. The molecule has 0 spiro atoms. The van der Waals surface area contributed by atoms with Crippen molar-refractivity contribution < 1.29 is 4.74 Å². The zero-order valence-electron chi connectivity index (χ0n) is 24.7. The van der Waals surface area contributed by atoms with E-state index in [0.29, 0.717) is 0 Å². The van der Waals surface area contributed by atoms with E-state index in [-0.39, 0.29) is 25.3 Å². The molecule has 206 valence electrons. The van der Waals surface area contributed by atoms with Gasteiger partial charge in [-0.05, 0) is 6.92 Å². The molecule has 0 N–H and O–H groups in total. The van der Waals surface area contributed by atoms with Crippen molar-refractivity contribution in [2.75, 3.05) is 0 Å². The molecular formula is C36H35N3OSe. The number of ether oxygens (including phenoxy) is 1. The van der Waals surface area contributed by atoms with Crippen LogP contribution in [0.25, 0.3) is 42.1 Å². The van der Waals surface area contributed by atoms with E-state index < -0.39 is 0 Å². The van der Waals surface area contributed by atoms with E-state index in [1.165, 1.54) is 15.4 Å². The molecule has 0 amide bonds. The summed E-state index contributed by atoms with van der Waals surface area (Å²) in [5.41, 5.74) is 8.58. The van der Waals surface area contributed by atoms with Crippen molar-refractivity contribution in [2.45, 2.75) is 59.3 Å². The third-order valence-corrected chi connectivity index (χ3v) is 9.74. The van der Waals surface area contributed by atoms with Crippen LogP contribution in [-0.4, -0.2) is 29.5 Å². The van der Waals surface area contributed by atoms with Crippen LogP contribution in [0.1, 0.15) is 58.2 Å². The monoisotopic (exact) mass is 605 g/mol. The van der Waals surface area contributed by atoms with Crippen LogP contribution in [0, 0.1) is 6.92 Å². The van der Waals surface area contributed by atoms with E-state index in [9.17, 15) is 0 Å². The van der Waals surface area contributed by atoms with Crippen molar-refractivity contribution in [2.24, 2.45) is 0 Å². The van der Waals surface area contributed by atoms with E-state index in [4.69, 9.17) is 14.7 Å².